The third-order valence-corrected chi connectivity index (χ3v) is 8.98. The van der Waals surface area contributed by atoms with Gasteiger partial charge in [0.1, 0.15) is 12.4 Å². The van der Waals surface area contributed by atoms with Crippen LogP contribution in [0.4, 0.5) is 4.79 Å². The summed E-state index contributed by atoms with van der Waals surface area (Å²) in [6.07, 6.45) is 3.00. The molecule has 7 rings (SSSR count). The molecule has 2 fully saturated rings. The second-order valence-corrected chi connectivity index (χ2v) is 11.1. The zero-order chi connectivity index (χ0) is 26.5. The van der Waals surface area contributed by atoms with Crippen LogP contribution >= 0.6 is 0 Å². The zero-order valence-corrected chi connectivity index (χ0v) is 22.0. The van der Waals surface area contributed by atoms with Gasteiger partial charge in [0, 0.05) is 29.5 Å². The highest BCUT2D eigenvalue weighted by Gasteiger charge is 2.46. The van der Waals surface area contributed by atoms with Crippen molar-refractivity contribution in [3.63, 3.8) is 0 Å². The normalized spacial score (nSPS) is 21.5. The molecule has 1 amide bonds. The molecular formula is C34H31NO4. The van der Waals surface area contributed by atoms with Crippen LogP contribution in [0, 0.1) is 5.92 Å². The molecule has 4 aromatic rings. The maximum absolute atomic E-state index is 13.5. The number of hydrogen-bond donors (Lipinski definition) is 0. The number of ketones is 1. The SMILES string of the molecule is COc1ccc2cc(C(=O)C3CC4CCC(C3)N4C(=O)OCC3c4ccccc4-c4ccccc43)ccc2c1. The van der Waals surface area contributed by atoms with Gasteiger partial charge < -0.3 is 14.4 Å². The third kappa shape index (κ3) is 4.08. The molecule has 2 unspecified atom stereocenters. The summed E-state index contributed by atoms with van der Waals surface area (Å²) in [5.41, 5.74) is 5.62. The van der Waals surface area contributed by atoms with Crippen molar-refractivity contribution in [2.75, 3.05) is 13.7 Å². The summed E-state index contributed by atoms with van der Waals surface area (Å²) in [5, 5.41) is 2.08. The largest absolute Gasteiger partial charge is 0.497 e. The number of carbonyl (C=O) groups is 2. The summed E-state index contributed by atoms with van der Waals surface area (Å²) < 4.78 is 11.3. The number of hydrogen-bond acceptors (Lipinski definition) is 4. The number of carbonyl (C=O) groups excluding carboxylic acids is 2. The highest BCUT2D eigenvalue weighted by molar-refractivity contribution is 6.01. The van der Waals surface area contributed by atoms with Crippen molar-refractivity contribution in [1.82, 2.24) is 4.90 Å². The zero-order valence-electron chi connectivity index (χ0n) is 22.0. The molecule has 0 N–H and O–H groups in total. The Bertz CT molecular complexity index is 1530. The van der Waals surface area contributed by atoms with Gasteiger partial charge in [-0.2, -0.15) is 0 Å². The fourth-order valence-corrected chi connectivity index (χ4v) is 7.10. The van der Waals surface area contributed by atoms with Gasteiger partial charge in [-0.25, -0.2) is 4.79 Å². The van der Waals surface area contributed by atoms with Crippen molar-refractivity contribution in [2.24, 2.45) is 5.92 Å². The van der Waals surface area contributed by atoms with E-state index in [-0.39, 0.29) is 35.8 Å². The standard InChI is InChI=1S/C34H31NO4/c1-38-27-15-12-21-16-23(11-10-22(21)19-27)33(36)24-17-25-13-14-26(18-24)35(25)34(37)39-20-32-30-8-4-2-6-28(30)29-7-3-5-9-31(29)32/h2-12,15-16,19,24-26,32H,13-14,17-18,20H2,1H3. The van der Waals surface area contributed by atoms with Crippen LogP contribution in [0.5, 0.6) is 5.75 Å². The lowest BCUT2D eigenvalue weighted by molar-refractivity contribution is 0.0506. The molecular weight excluding hydrogens is 486 g/mol. The molecule has 0 aromatic heterocycles. The van der Waals surface area contributed by atoms with E-state index in [2.05, 4.69) is 36.4 Å². The van der Waals surface area contributed by atoms with Gasteiger partial charge >= 0.3 is 6.09 Å². The number of methoxy groups -OCH3 is 1. The number of ether oxygens (including phenoxy) is 2. The maximum atomic E-state index is 13.5. The number of rotatable bonds is 5. The van der Waals surface area contributed by atoms with Gasteiger partial charge in [-0.1, -0.05) is 66.7 Å². The van der Waals surface area contributed by atoms with E-state index in [1.165, 1.54) is 22.3 Å². The molecule has 196 valence electrons. The monoisotopic (exact) mass is 517 g/mol. The smallest absolute Gasteiger partial charge is 0.410 e. The van der Waals surface area contributed by atoms with Crippen LogP contribution in [0.25, 0.3) is 21.9 Å². The number of nitrogens with zero attached hydrogens (tertiary/aromatic N) is 1. The average molecular weight is 518 g/mol. The summed E-state index contributed by atoms with van der Waals surface area (Å²) in [5.74, 6) is 0.956. The Morgan fingerprint density at radius 3 is 2.08 bits per heavy atom. The molecule has 5 nitrogen and oxygen atoms in total. The first kappa shape index (κ1) is 24.0. The summed E-state index contributed by atoms with van der Waals surface area (Å²) >= 11 is 0. The van der Waals surface area contributed by atoms with E-state index in [0.29, 0.717) is 19.4 Å². The number of amides is 1. The van der Waals surface area contributed by atoms with Crippen LogP contribution in [0.3, 0.4) is 0 Å². The second kappa shape index (κ2) is 9.57. The van der Waals surface area contributed by atoms with Crippen LogP contribution < -0.4 is 4.74 Å². The van der Waals surface area contributed by atoms with Crippen LogP contribution in [0.15, 0.2) is 84.9 Å². The lowest BCUT2D eigenvalue weighted by Gasteiger charge is -2.37. The Kier molecular flexibility index (Phi) is 5.88. The minimum atomic E-state index is -0.241. The molecule has 39 heavy (non-hydrogen) atoms. The summed E-state index contributed by atoms with van der Waals surface area (Å²) in [6, 6.07) is 28.7. The van der Waals surface area contributed by atoms with Gasteiger partial charge in [-0.05, 0) is 76.9 Å². The quantitative estimate of drug-likeness (QED) is 0.262. The van der Waals surface area contributed by atoms with Gasteiger partial charge in [0.2, 0.25) is 0 Å². The van der Waals surface area contributed by atoms with Crippen LogP contribution in [-0.4, -0.2) is 42.6 Å². The van der Waals surface area contributed by atoms with E-state index in [1.54, 1.807) is 7.11 Å². The summed E-state index contributed by atoms with van der Waals surface area (Å²) in [4.78, 5) is 28.9. The maximum Gasteiger partial charge on any atom is 0.410 e. The lowest BCUT2D eigenvalue weighted by atomic mass is 9.84. The Labute approximate surface area is 228 Å². The molecule has 5 heteroatoms. The van der Waals surface area contributed by atoms with E-state index in [9.17, 15) is 9.59 Å². The fraction of sp³-hybridized carbons (Fsp3) is 0.294. The first-order valence-corrected chi connectivity index (χ1v) is 13.9. The Morgan fingerprint density at radius 2 is 1.41 bits per heavy atom. The van der Waals surface area contributed by atoms with E-state index in [1.807, 2.05) is 53.4 Å². The summed E-state index contributed by atoms with van der Waals surface area (Å²) in [7, 11) is 1.66. The lowest BCUT2D eigenvalue weighted by Crippen LogP contribution is -2.48. The van der Waals surface area contributed by atoms with Crippen LogP contribution in [-0.2, 0) is 4.74 Å². The molecule has 2 bridgehead atoms. The fourth-order valence-electron chi connectivity index (χ4n) is 7.10. The highest BCUT2D eigenvalue weighted by Crippen LogP contribution is 2.45. The second-order valence-electron chi connectivity index (χ2n) is 11.1. The topological polar surface area (TPSA) is 55.8 Å². The predicted octanol–water partition coefficient (Wildman–Crippen LogP) is 7.22. The molecule has 2 saturated heterocycles. The Hall–Kier alpha value is -4.12. The van der Waals surface area contributed by atoms with Crippen LogP contribution in [0.2, 0.25) is 0 Å². The van der Waals surface area contributed by atoms with E-state index in [4.69, 9.17) is 9.47 Å². The van der Waals surface area contributed by atoms with E-state index in [0.717, 1.165) is 34.9 Å². The number of piperidine rings is 1. The number of benzene rings is 4. The minimum Gasteiger partial charge on any atom is -0.497 e. The Morgan fingerprint density at radius 1 is 0.795 bits per heavy atom. The minimum absolute atomic E-state index is 0.0472. The molecule has 0 spiro atoms. The van der Waals surface area contributed by atoms with Crippen molar-refractivity contribution in [1.29, 1.82) is 0 Å². The molecule has 1 aliphatic carbocycles. The van der Waals surface area contributed by atoms with Crippen molar-refractivity contribution >= 4 is 22.6 Å². The van der Waals surface area contributed by atoms with Crippen molar-refractivity contribution in [3.05, 3.63) is 102 Å². The van der Waals surface area contributed by atoms with Gasteiger partial charge in [0.05, 0.1) is 7.11 Å². The highest BCUT2D eigenvalue weighted by atomic mass is 16.6. The number of fused-ring (bicyclic) bond motifs is 6. The van der Waals surface area contributed by atoms with Crippen molar-refractivity contribution in [2.45, 2.75) is 43.7 Å². The van der Waals surface area contributed by atoms with E-state index >= 15 is 0 Å². The molecule has 2 aliphatic heterocycles. The molecule has 3 aliphatic rings. The number of Topliss-reactive ketones (excluding diaryl/α,β-unsaturated/α-hetero) is 1. The molecule has 0 radical (unpaired) electrons. The molecule has 0 saturated carbocycles. The first-order chi connectivity index (χ1) is 19.1. The van der Waals surface area contributed by atoms with Crippen molar-refractivity contribution in [3.8, 4) is 16.9 Å². The molecule has 4 aromatic carbocycles. The van der Waals surface area contributed by atoms with Gasteiger partial charge in [-0.15, -0.1) is 0 Å². The predicted molar refractivity (Wildman–Crippen MR) is 151 cm³/mol. The van der Waals surface area contributed by atoms with Crippen LogP contribution in [0.1, 0.15) is 53.1 Å². The van der Waals surface area contributed by atoms with Gasteiger partial charge in [0.25, 0.3) is 0 Å². The molecule has 2 atom stereocenters. The average Bonchev–Trinajstić information content (AvgIpc) is 3.45. The summed E-state index contributed by atoms with van der Waals surface area (Å²) in [6.45, 7) is 0.326. The Balaban J connectivity index is 1.04. The molecule has 2 heterocycles. The first-order valence-electron chi connectivity index (χ1n) is 13.9. The van der Waals surface area contributed by atoms with E-state index < -0.39 is 0 Å². The van der Waals surface area contributed by atoms with Gasteiger partial charge in [0.15, 0.2) is 5.78 Å². The third-order valence-electron chi connectivity index (χ3n) is 8.98. The van der Waals surface area contributed by atoms with Crippen molar-refractivity contribution < 1.29 is 19.1 Å². The van der Waals surface area contributed by atoms with Gasteiger partial charge in [-0.3, -0.25) is 4.79 Å².